The minimum Gasteiger partial charge on any atom is -0.496 e. The van der Waals surface area contributed by atoms with Gasteiger partial charge in [-0.3, -0.25) is 0 Å². The highest BCUT2D eigenvalue weighted by molar-refractivity contribution is 5.34. The Hall–Kier alpha value is -0.250. The van der Waals surface area contributed by atoms with E-state index in [0.717, 1.165) is 5.75 Å². The van der Waals surface area contributed by atoms with Crippen LogP contribution in [-0.4, -0.2) is 7.11 Å². The predicted molar refractivity (Wildman–Crippen MR) is 47.2 cm³/mol. The van der Waals surface area contributed by atoms with Gasteiger partial charge in [-0.2, -0.15) is 0 Å². The number of benzene rings is 1. The molecular formula is C10H14IO+. The van der Waals surface area contributed by atoms with Crippen molar-refractivity contribution in [1.82, 2.24) is 0 Å². The Labute approximate surface area is 87.3 Å². The van der Waals surface area contributed by atoms with E-state index in [1.165, 1.54) is 9.13 Å². The maximum absolute atomic E-state index is 5.26. The maximum Gasteiger partial charge on any atom is 0.296 e. The third-order valence-corrected chi connectivity index (χ3v) is 2.55. The molecule has 0 aromatic heterocycles. The fraction of sp³-hybridized carbons (Fsp3) is 0.400. The lowest BCUT2D eigenvalue weighted by atomic mass is 10.0. The smallest absolute Gasteiger partial charge is 0.296 e. The van der Waals surface area contributed by atoms with Gasteiger partial charge in [-0.05, 0) is 24.1 Å². The summed E-state index contributed by atoms with van der Waals surface area (Å²) >= 11 is 2.03. The predicted octanol–water partition coefficient (Wildman–Crippen LogP) is -0.726. The van der Waals surface area contributed by atoms with Crippen molar-refractivity contribution in [1.29, 1.82) is 0 Å². The van der Waals surface area contributed by atoms with E-state index in [1.807, 2.05) is 28.7 Å². The molecule has 1 rings (SSSR count). The minimum atomic E-state index is 0.529. The Kier molecular flexibility index (Phi) is 3.38. The molecule has 2 heteroatoms. The average molecular weight is 277 g/mol. The van der Waals surface area contributed by atoms with E-state index in [0.29, 0.717) is 5.92 Å². The molecule has 1 aromatic rings. The van der Waals surface area contributed by atoms with Gasteiger partial charge in [0, 0.05) is 5.56 Å². The van der Waals surface area contributed by atoms with Gasteiger partial charge in [0.15, 0.2) is 3.57 Å². The Balaban J connectivity index is 3.12. The van der Waals surface area contributed by atoms with Crippen molar-refractivity contribution >= 4 is 0 Å². The fourth-order valence-electron chi connectivity index (χ4n) is 1.16. The summed E-state index contributed by atoms with van der Waals surface area (Å²) in [5, 5.41) is 0. The van der Waals surface area contributed by atoms with Crippen LogP contribution in [0, 0.1) is 3.57 Å². The van der Waals surface area contributed by atoms with E-state index in [4.69, 9.17) is 4.74 Å². The van der Waals surface area contributed by atoms with Crippen LogP contribution in [0.25, 0.3) is 0 Å². The average Bonchev–Trinajstić information content (AvgIpc) is 2.04. The summed E-state index contributed by atoms with van der Waals surface area (Å²) in [6.07, 6.45) is 0. The number of halogens is 1. The summed E-state index contributed by atoms with van der Waals surface area (Å²) in [4.78, 5) is 0. The third kappa shape index (κ3) is 2.12. The molecular weight excluding hydrogens is 263 g/mol. The second-order valence-electron chi connectivity index (χ2n) is 3.06. The molecule has 0 bridgehead atoms. The Morgan fingerprint density at radius 3 is 2.50 bits per heavy atom. The molecule has 0 amide bonds. The van der Waals surface area contributed by atoms with Crippen molar-refractivity contribution < 1.29 is 27.3 Å². The molecule has 1 aromatic carbocycles. The molecule has 0 aliphatic heterocycles. The summed E-state index contributed by atoms with van der Waals surface area (Å²) in [6.45, 7) is 4.36. The maximum atomic E-state index is 5.26. The molecule has 0 heterocycles. The first-order valence-corrected chi connectivity index (χ1v) is 5.16. The SMILES string of the molecule is COc1ccc([IH+])cc1C(C)C. The summed E-state index contributed by atoms with van der Waals surface area (Å²) in [6, 6.07) is 6.30. The summed E-state index contributed by atoms with van der Waals surface area (Å²) in [5.41, 5.74) is 1.29. The van der Waals surface area contributed by atoms with Gasteiger partial charge < -0.3 is 4.74 Å². The van der Waals surface area contributed by atoms with Gasteiger partial charge in [0.1, 0.15) is 5.75 Å². The van der Waals surface area contributed by atoms with Crippen LogP contribution >= 0.6 is 0 Å². The van der Waals surface area contributed by atoms with Crippen molar-refractivity contribution in [2.75, 3.05) is 7.11 Å². The first-order valence-electron chi connectivity index (χ1n) is 4.00. The molecule has 0 fully saturated rings. The van der Waals surface area contributed by atoms with Crippen LogP contribution in [0.4, 0.5) is 0 Å². The van der Waals surface area contributed by atoms with E-state index >= 15 is 0 Å². The van der Waals surface area contributed by atoms with Crippen LogP contribution in [0.15, 0.2) is 18.2 Å². The first kappa shape index (κ1) is 9.84. The van der Waals surface area contributed by atoms with Crippen LogP contribution in [0.3, 0.4) is 0 Å². The molecule has 66 valence electrons. The Morgan fingerprint density at radius 2 is 2.00 bits per heavy atom. The van der Waals surface area contributed by atoms with Crippen molar-refractivity contribution in [3.8, 4) is 5.75 Å². The number of rotatable bonds is 2. The van der Waals surface area contributed by atoms with Crippen LogP contribution < -0.4 is 27.3 Å². The van der Waals surface area contributed by atoms with Gasteiger partial charge in [-0.1, -0.05) is 13.8 Å². The minimum absolute atomic E-state index is 0.529. The van der Waals surface area contributed by atoms with Crippen LogP contribution in [0.2, 0.25) is 0 Å². The molecule has 1 nitrogen and oxygen atoms in total. The molecule has 0 aliphatic rings. The Bertz CT molecular complexity index is 269. The highest BCUT2D eigenvalue weighted by Gasteiger charge is 2.09. The second-order valence-corrected chi connectivity index (χ2v) is 4.40. The molecule has 0 N–H and O–H groups in total. The molecule has 0 saturated heterocycles. The lowest BCUT2D eigenvalue weighted by Gasteiger charge is -2.09. The lowest BCUT2D eigenvalue weighted by Crippen LogP contribution is -3.34. The third-order valence-electron chi connectivity index (χ3n) is 1.82. The highest BCUT2D eigenvalue weighted by atomic mass is 127. The molecule has 12 heavy (non-hydrogen) atoms. The lowest BCUT2D eigenvalue weighted by molar-refractivity contribution is -0.328. The normalized spacial score (nSPS) is 10.4. The van der Waals surface area contributed by atoms with E-state index in [9.17, 15) is 0 Å². The quantitative estimate of drug-likeness (QED) is 0.648. The fourth-order valence-corrected chi connectivity index (χ4v) is 1.72. The summed E-state index contributed by atoms with van der Waals surface area (Å²) in [5.74, 6) is 1.53. The first-order chi connectivity index (χ1) is 5.65. The van der Waals surface area contributed by atoms with E-state index in [2.05, 4.69) is 26.0 Å². The Morgan fingerprint density at radius 1 is 1.33 bits per heavy atom. The number of ether oxygens (including phenoxy) is 1. The van der Waals surface area contributed by atoms with Crippen molar-refractivity contribution in [2.24, 2.45) is 0 Å². The van der Waals surface area contributed by atoms with Crippen LogP contribution in [0.1, 0.15) is 25.3 Å². The van der Waals surface area contributed by atoms with E-state index < -0.39 is 0 Å². The van der Waals surface area contributed by atoms with Crippen LogP contribution in [0.5, 0.6) is 5.75 Å². The van der Waals surface area contributed by atoms with Gasteiger partial charge in [0.2, 0.25) is 0 Å². The zero-order valence-corrected chi connectivity index (χ0v) is 9.96. The summed E-state index contributed by atoms with van der Waals surface area (Å²) in [7, 11) is 1.72. The molecule has 0 unspecified atom stereocenters. The van der Waals surface area contributed by atoms with Gasteiger partial charge in [-0.25, -0.2) is 0 Å². The van der Waals surface area contributed by atoms with Crippen LogP contribution in [-0.2, 0) is 0 Å². The van der Waals surface area contributed by atoms with E-state index in [-0.39, 0.29) is 0 Å². The van der Waals surface area contributed by atoms with Gasteiger partial charge in [-0.15, -0.1) is 0 Å². The highest BCUT2D eigenvalue weighted by Crippen LogP contribution is 2.24. The number of hydrogen-bond donors (Lipinski definition) is 0. The standard InChI is InChI=1S/C10H14IO/c1-7(2)9-6-8(11)4-5-10(9)12-3/h4-7,11H,1-3H3/q+1. The van der Waals surface area contributed by atoms with Gasteiger partial charge in [0.05, 0.1) is 7.11 Å². The second kappa shape index (κ2) is 4.12. The molecule has 0 atom stereocenters. The number of methoxy groups -OCH3 is 1. The molecule has 0 saturated carbocycles. The number of hydrogen-bond acceptors (Lipinski definition) is 1. The van der Waals surface area contributed by atoms with Crippen molar-refractivity contribution in [3.63, 3.8) is 0 Å². The largest absolute Gasteiger partial charge is 0.496 e. The monoisotopic (exact) mass is 277 g/mol. The topological polar surface area (TPSA) is 9.23 Å². The molecule has 0 radical (unpaired) electrons. The van der Waals surface area contributed by atoms with E-state index in [1.54, 1.807) is 7.11 Å². The van der Waals surface area contributed by atoms with Gasteiger partial charge >= 0.3 is 0 Å². The van der Waals surface area contributed by atoms with Crippen molar-refractivity contribution in [2.45, 2.75) is 19.8 Å². The van der Waals surface area contributed by atoms with Gasteiger partial charge in [0.25, 0.3) is 22.6 Å². The molecule has 0 aliphatic carbocycles. The zero-order valence-electron chi connectivity index (χ0n) is 7.63. The van der Waals surface area contributed by atoms with Crippen molar-refractivity contribution in [3.05, 3.63) is 27.3 Å². The molecule has 0 spiro atoms. The zero-order chi connectivity index (χ0) is 9.14. The summed E-state index contributed by atoms with van der Waals surface area (Å²) < 4.78 is 6.56.